The number of para-hydroxylation sites is 6. The third-order valence-electron chi connectivity index (χ3n) is 19.2. The van der Waals surface area contributed by atoms with Crippen molar-refractivity contribution in [3.8, 4) is 55.9 Å². The Morgan fingerprint density at radius 3 is 1.04 bits per heavy atom. The van der Waals surface area contributed by atoms with E-state index in [1.165, 1.54) is 9.80 Å². The first-order valence-corrected chi connectivity index (χ1v) is 32.4. The predicted molar refractivity (Wildman–Crippen MR) is 424 cm³/mol. The molecule has 0 N–H and O–H groups in total. The zero-order valence-electron chi connectivity index (χ0n) is 85.4. The predicted octanol–water partition coefficient (Wildman–Crippen LogP) is 23.7. The molecule has 0 saturated heterocycles. The number of hydrogen-bond donors (Lipinski definition) is 0. The van der Waals surface area contributed by atoms with Gasteiger partial charge in [-0.1, -0.05) is 263 Å². The lowest BCUT2D eigenvalue weighted by molar-refractivity contribution is 0.590. The number of anilines is 6. The molecule has 21 rings (SSSR count). The van der Waals surface area contributed by atoms with Crippen molar-refractivity contribution in [2.24, 2.45) is 0 Å². The summed E-state index contributed by atoms with van der Waals surface area (Å²) in [6, 6.07) is 10.4. The van der Waals surface area contributed by atoms with E-state index in [0.717, 1.165) is 9.13 Å². The van der Waals surface area contributed by atoms with Crippen LogP contribution in [0.2, 0.25) is 0 Å². The second-order valence-electron chi connectivity index (χ2n) is 25.8. The summed E-state index contributed by atoms with van der Waals surface area (Å²) in [6.07, 6.45) is 0. The minimum atomic E-state index is -2.07. The molecule has 0 atom stereocenters. The van der Waals surface area contributed by atoms with E-state index in [-0.39, 0.29) is 77.3 Å². The summed E-state index contributed by atoms with van der Waals surface area (Å²) in [5.74, 6) is 0. The van der Waals surface area contributed by atoms with Crippen molar-refractivity contribution in [3.63, 3.8) is 0 Å². The van der Waals surface area contributed by atoms with Crippen LogP contribution in [0.5, 0.6) is 0 Å². The molecule has 0 spiro atoms. The Morgan fingerprint density at radius 2 is 0.673 bits per heavy atom. The van der Waals surface area contributed by atoms with Gasteiger partial charge in [-0.2, -0.15) is 0 Å². The highest BCUT2D eigenvalue weighted by Gasteiger charge is 2.46. The van der Waals surface area contributed by atoms with Crippen LogP contribution in [-0.2, 0) is 5.41 Å². The molecule has 0 bridgehead atoms. The Labute approximate surface area is 629 Å². The monoisotopic (exact) mass is 1320 g/mol. The van der Waals surface area contributed by atoms with Crippen LogP contribution in [0.3, 0.4) is 0 Å². The molecule has 0 aliphatic carbocycles. The zero-order chi connectivity index (χ0) is 94.6. The quantitative estimate of drug-likeness (QED) is 0.142. The summed E-state index contributed by atoms with van der Waals surface area (Å²) in [5.41, 5.74) is -9.15. The van der Waals surface area contributed by atoms with Crippen molar-refractivity contribution < 1.29 is 52.7 Å². The molecule has 0 radical (unpaired) electrons. The molecule has 2 aliphatic heterocycles. The van der Waals surface area contributed by atoms with E-state index >= 15 is 0 Å². The van der Waals surface area contributed by atoms with Crippen LogP contribution >= 0.6 is 0 Å². The molecular weight excluding hydrogens is 1230 g/mol. The fourth-order valence-electron chi connectivity index (χ4n) is 14.9. The number of aromatic nitrogens is 2. The summed E-state index contributed by atoms with van der Waals surface area (Å²) in [5, 5.41) is -2.70. The Bertz CT molecular complexity index is 8010. The molecule has 101 heavy (non-hydrogen) atoms. The number of rotatable bonds is 8. The smallest absolute Gasteiger partial charge is 0.252 e. The lowest BCUT2D eigenvalue weighted by Gasteiger charge is -2.45. The number of furan rings is 2. The average Bonchev–Trinajstić information content (AvgIpc) is 1.60. The van der Waals surface area contributed by atoms with Gasteiger partial charge in [-0.15, -0.1) is 0 Å². The molecule has 0 unspecified atom stereocenters. The van der Waals surface area contributed by atoms with Gasteiger partial charge in [0.05, 0.1) is 77.3 Å². The van der Waals surface area contributed by atoms with E-state index < -0.39 is 316 Å². The Hall–Kier alpha value is -12.8. The molecule has 15 aromatic carbocycles. The standard InChI is InChI=1S/C94H63BN4O2/c1-94(2,3)62-52-81-91-82(53-62)99(84-57-72(59-30-10-5-11-31-59)88(61-34-14-7-15-35-61)90-70-41-21-27-47-86(70)101-93(84)90)80-55-64(97-77-44-24-18-38-67(77)68-39-19-25-45-78(68)97)49-51-74(80)95(91)73-50-48-63(96-75-42-22-16-36-65(75)66-37-17-23-43-76(66)96)54-79(73)98(81)83-56-71(58-28-8-4-9-29-58)87(60-32-12-6-13-33-60)89-69-40-20-26-46-85(69)100-92(83)89/h4-57H,1-3H3/i16D,17D,18D,19D,20D,21D,22D,23D,24D,25D,26D,27D,36D,37D,38D,39D,40D,41D,42D,43D,44D,45D,46D,47D,48D,49D,50D,51D,54D,55D,56D,57D. The summed E-state index contributed by atoms with van der Waals surface area (Å²) >= 11 is 0. The molecule has 4 aromatic heterocycles. The molecule has 2 aliphatic rings. The van der Waals surface area contributed by atoms with Gasteiger partial charge in [-0.25, -0.2) is 0 Å². The van der Waals surface area contributed by atoms with Gasteiger partial charge in [0.1, 0.15) is 11.2 Å². The summed E-state index contributed by atoms with van der Waals surface area (Å²) in [7, 11) is 0. The SMILES string of the molecule is [2H]c1c([2H])c(-n2c3c([2H])c([2H])c([2H])c([2H])c3c3c([2H])c([2H])c([2H])c([2H])c32)c([2H])c2c1B1c3c(cc(C(C)(C)C)cc3N(c3c([2H])c(-c4ccccc4)c(-c4ccccc4)c4c3oc3c([2H])c([2H])c([2H])c([2H])c34)c3c([2H])c(-n4c5c([2H])c([2H])c([2H])c([2H])c5c5c([2H])c([2H])c([2H])c([2H])c54)c([2H])c([2H])c31)N2c1c([2H])c(-c2ccccc2)c(-c2ccccc2)c2c1oc1c([2H])c([2H])c([2H])c([2H])c12. The minimum Gasteiger partial charge on any atom is -0.454 e. The third-order valence-corrected chi connectivity index (χ3v) is 19.2. The van der Waals surface area contributed by atoms with Crippen LogP contribution in [0.15, 0.2) is 336 Å². The van der Waals surface area contributed by atoms with Gasteiger partial charge in [0.2, 0.25) is 0 Å². The molecule has 0 saturated carbocycles. The van der Waals surface area contributed by atoms with E-state index in [1.54, 1.807) is 154 Å². The average molecular weight is 1320 g/mol. The highest BCUT2D eigenvalue weighted by Crippen LogP contribution is 2.56. The first kappa shape index (κ1) is 34.1. The first-order chi connectivity index (χ1) is 63.1. The second-order valence-corrected chi connectivity index (χ2v) is 25.8. The summed E-state index contributed by atoms with van der Waals surface area (Å²) in [4.78, 5) is 2.62. The van der Waals surface area contributed by atoms with Crippen LogP contribution in [0.25, 0.3) is 143 Å². The molecule has 19 aromatic rings. The normalized spacial score (nSPS) is 17.3. The molecule has 0 fully saturated rings. The molecule has 7 heteroatoms. The van der Waals surface area contributed by atoms with Crippen molar-refractivity contribution in [1.82, 2.24) is 9.13 Å². The highest BCUT2D eigenvalue weighted by atomic mass is 16.3. The fourth-order valence-corrected chi connectivity index (χ4v) is 14.9. The van der Waals surface area contributed by atoms with E-state index in [0.29, 0.717) is 11.1 Å². The van der Waals surface area contributed by atoms with Crippen LogP contribution < -0.4 is 26.2 Å². The molecule has 6 nitrogen and oxygen atoms in total. The second kappa shape index (κ2) is 21.8. The lowest BCUT2D eigenvalue weighted by atomic mass is 9.33. The molecule has 6 heterocycles. The van der Waals surface area contributed by atoms with E-state index in [1.807, 2.05) is 0 Å². The highest BCUT2D eigenvalue weighted by molar-refractivity contribution is 7.00. The molecule has 474 valence electrons. The Morgan fingerprint density at radius 1 is 0.337 bits per heavy atom. The van der Waals surface area contributed by atoms with E-state index in [4.69, 9.17) is 14.3 Å². The van der Waals surface area contributed by atoms with E-state index in [9.17, 15) is 38.4 Å². The third kappa shape index (κ3) is 8.47. The maximum Gasteiger partial charge on any atom is 0.252 e. The van der Waals surface area contributed by atoms with Crippen molar-refractivity contribution in [3.05, 3.63) is 332 Å². The van der Waals surface area contributed by atoms with Crippen molar-refractivity contribution in [2.75, 3.05) is 9.80 Å². The first-order valence-electron chi connectivity index (χ1n) is 48.4. The van der Waals surface area contributed by atoms with E-state index in [2.05, 4.69) is 0 Å². The van der Waals surface area contributed by atoms with Crippen LogP contribution in [-0.4, -0.2) is 15.8 Å². The van der Waals surface area contributed by atoms with Gasteiger partial charge in [-0.05, 0) is 145 Å². The molecule has 0 amide bonds. The van der Waals surface area contributed by atoms with Crippen molar-refractivity contribution >= 4 is 145 Å². The van der Waals surface area contributed by atoms with Gasteiger partial charge in [0.25, 0.3) is 6.71 Å². The van der Waals surface area contributed by atoms with Gasteiger partial charge < -0.3 is 27.8 Å². The van der Waals surface area contributed by atoms with Crippen LogP contribution in [0.4, 0.5) is 34.1 Å². The lowest BCUT2D eigenvalue weighted by Crippen LogP contribution is -2.61. The number of nitrogens with zero attached hydrogens (tertiary/aromatic N) is 4. The number of benzene rings is 15. The summed E-state index contributed by atoms with van der Waals surface area (Å²) < 4.78 is 336. The van der Waals surface area contributed by atoms with Gasteiger partial charge >= 0.3 is 0 Å². The maximum absolute atomic E-state index is 11.7. The molecular formula is C94H63BN4O2. The maximum atomic E-state index is 11.7. The Kier molecular flexibility index (Phi) is 7.37. The van der Waals surface area contributed by atoms with Gasteiger partial charge in [0, 0.05) is 88.3 Å². The topological polar surface area (TPSA) is 42.6 Å². The number of fused-ring (bicyclic) bond motifs is 16. The van der Waals surface area contributed by atoms with Gasteiger partial charge in [-0.3, -0.25) is 0 Å². The Balaban J connectivity index is 1.06. The van der Waals surface area contributed by atoms with Gasteiger partial charge in [0.15, 0.2) is 11.2 Å². The number of hydrogen-bond acceptors (Lipinski definition) is 4. The summed E-state index contributed by atoms with van der Waals surface area (Å²) in [6.45, 7) is 3.31. The van der Waals surface area contributed by atoms with Crippen LogP contribution in [0.1, 0.15) is 70.2 Å². The zero-order valence-corrected chi connectivity index (χ0v) is 53.4. The van der Waals surface area contributed by atoms with Crippen LogP contribution in [0, 0.1) is 0 Å². The van der Waals surface area contributed by atoms with Crippen molar-refractivity contribution in [1.29, 1.82) is 0 Å². The van der Waals surface area contributed by atoms with Crippen molar-refractivity contribution in [2.45, 2.75) is 26.2 Å². The minimum absolute atomic E-state index is 0.0241. The largest absolute Gasteiger partial charge is 0.454 e. The fraction of sp³-hybridized carbons (Fsp3) is 0.0426.